The molecule has 0 spiro atoms. The van der Waals surface area contributed by atoms with Gasteiger partial charge in [0.25, 0.3) is 0 Å². The molecule has 0 aliphatic heterocycles. The van der Waals surface area contributed by atoms with Crippen molar-refractivity contribution in [2.75, 3.05) is 33.0 Å². The van der Waals surface area contributed by atoms with Crippen LogP contribution < -0.4 is 5.32 Å². The summed E-state index contributed by atoms with van der Waals surface area (Å²) in [6.45, 7) is 6.62. The number of ether oxygens (including phenoxy) is 2. The van der Waals surface area contributed by atoms with Crippen molar-refractivity contribution in [3.8, 4) is 0 Å². The van der Waals surface area contributed by atoms with E-state index in [0.717, 1.165) is 0 Å². The average molecular weight is 217 g/mol. The Morgan fingerprint density at radius 2 is 2.20 bits per heavy atom. The molecule has 0 radical (unpaired) electrons. The first-order chi connectivity index (χ1) is 7.16. The highest BCUT2D eigenvalue weighted by atomic mass is 16.5. The predicted molar refractivity (Wildman–Crippen MR) is 56.5 cm³/mol. The van der Waals surface area contributed by atoms with Gasteiger partial charge >= 0.3 is 0 Å². The Balaban J connectivity index is 3.19. The molecule has 0 saturated carbocycles. The molecule has 5 heteroatoms. The van der Waals surface area contributed by atoms with Crippen molar-refractivity contribution in [2.24, 2.45) is 0 Å². The van der Waals surface area contributed by atoms with Crippen molar-refractivity contribution in [3.63, 3.8) is 0 Å². The van der Waals surface area contributed by atoms with Crippen molar-refractivity contribution in [1.29, 1.82) is 0 Å². The van der Waals surface area contributed by atoms with Crippen molar-refractivity contribution >= 4 is 5.91 Å². The van der Waals surface area contributed by atoms with Crippen LogP contribution in [0, 0.1) is 0 Å². The first kappa shape index (κ1) is 14.1. The first-order valence-electron chi connectivity index (χ1n) is 4.85. The van der Waals surface area contributed by atoms with E-state index in [9.17, 15) is 9.90 Å². The second kappa shape index (κ2) is 9.64. The van der Waals surface area contributed by atoms with E-state index in [0.29, 0.717) is 19.8 Å². The average Bonchev–Trinajstić information content (AvgIpc) is 2.17. The van der Waals surface area contributed by atoms with E-state index in [2.05, 4.69) is 11.9 Å². The molecular weight excluding hydrogens is 198 g/mol. The fraction of sp³-hybridized carbons (Fsp3) is 0.700. The van der Waals surface area contributed by atoms with Gasteiger partial charge in [0.2, 0.25) is 5.91 Å². The second-order valence-corrected chi connectivity index (χ2v) is 3.04. The summed E-state index contributed by atoms with van der Waals surface area (Å²) in [6.07, 6.45) is 0.979. The van der Waals surface area contributed by atoms with Crippen LogP contribution in [-0.2, 0) is 14.3 Å². The van der Waals surface area contributed by atoms with Crippen LogP contribution in [0.5, 0.6) is 0 Å². The smallest absolute Gasteiger partial charge is 0.216 e. The molecule has 0 aliphatic rings. The number of hydrogen-bond acceptors (Lipinski definition) is 4. The molecule has 0 aliphatic carbocycles. The summed E-state index contributed by atoms with van der Waals surface area (Å²) in [5.41, 5.74) is 0. The molecular formula is C10H19NO4. The van der Waals surface area contributed by atoms with Gasteiger partial charge in [0.15, 0.2) is 0 Å². The molecule has 0 rings (SSSR count). The molecule has 15 heavy (non-hydrogen) atoms. The zero-order valence-corrected chi connectivity index (χ0v) is 9.07. The van der Waals surface area contributed by atoms with Gasteiger partial charge in [-0.05, 0) is 0 Å². The lowest BCUT2D eigenvalue weighted by Crippen LogP contribution is -2.27. The second-order valence-electron chi connectivity index (χ2n) is 3.04. The summed E-state index contributed by atoms with van der Waals surface area (Å²) in [5.74, 6) is -0.0894. The van der Waals surface area contributed by atoms with E-state index < -0.39 is 6.10 Å². The Morgan fingerprint density at radius 3 is 2.80 bits per heavy atom. The highest BCUT2D eigenvalue weighted by molar-refractivity contribution is 5.72. The molecule has 1 unspecified atom stereocenters. The Bertz CT molecular complexity index is 184. The Hall–Kier alpha value is -0.910. The summed E-state index contributed by atoms with van der Waals surface area (Å²) in [6, 6.07) is 0. The van der Waals surface area contributed by atoms with Gasteiger partial charge in [0.05, 0.1) is 26.4 Å². The lowest BCUT2D eigenvalue weighted by Gasteiger charge is -2.11. The van der Waals surface area contributed by atoms with Gasteiger partial charge < -0.3 is 19.9 Å². The van der Waals surface area contributed by atoms with Gasteiger partial charge in [-0.3, -0.25) is 4.79 Å². The van der Waals surface area contributed by atoms with Crippen LogP contribution in [0.15, 0.2) is 12.7 Å². The quantitative estimate of drug-likeness (QED) is 0.411. The van der Waals surface area contributed by atoms with Gasteiger partial charge in [-0.25, -0.2) is 0 Å². The van der Waals surface area contributed by atoms with Gasteiger partial charge in [-0.2, -0.15) is 0 Å². The maximum Gasteiger partial charge on any atom is 0.216 e. The van der Waals surface area contributed by atoms with E-state index in [1.54, 1.807) is 6.08 Å². The summed E-state index contributed by atoms with van der Waals surface area (Å²) >= 11 is 0. The maximum atomic E-state index is 10.5. The number of aliphatic hydroxyl groups is 1. The van der Waals surface area contributed by atoms with Crippen molar-refractivity contribution in [1.82, 2.24) is 5.32 Å². The lowest BCUT2D eigenvalue weighted by atomic mass is 10.4. The van der Waals surface area contributed by atoms with Crippen molar-refractivity contribution in [2.45, 2.75) is 13.0 Å². The van der Waals surface area contributed by atoms with Crippen LogP contribution in [-0.4, -0.2) is 50.1 Å². The standard InChI is InChI=1S/C10H19NO4/c1-3-5-14-7-10(13)8-15-6-4-11-9(2)12/h3,10,13H,1,4-8H2,2H3,(H,11,12). The number of nitrogens with one attached hydrogen (secondary N) is 1. The van der Waals surface area contributed by atoms with E-state index >= 15 is 0 Å². The number of hydrogen-bond donors (Lipinski definition) is 2. The Kier molecular flexibility index (Phi) is 9.05. The normalized spacial score (nSPS) is 12.1. The highest BCUT2D eigenvalue weighted by Gasteiger charge is 2.03. The summed E-state index contributed by atoms with van der Waals surface area (Å²) in [5, 5.41) is 11.9. The molecule has 1 amide bonds. The SMILES string of the molecule is C=CCOCC(O)COCCNC(C)=O. The van der Waals surface area contributed by atoms with Crippen molar-refractivity contribution in [3.05, 3.63) is 12.7 Å². The van der Waals surface area contributed by atoms with E-state index in [4.69, 9.17) is 9.47 Å². The molecule has 88 valence electrons. The third-order valence-corrected chi connectivity index (χ3v) is 1.48. The fourth-order valence-corrected chi connectivity index (χ4v) is 0.854. The molecule has 0 aromatic carbocycles. The number of rotatable bonds is 9. The molecule has 0 aromatic rings. The lowest BCUT2D eigenvalue weighted by molar-refractivity contribution is -0.119. The van der Waals surface area contributed by atoms with Crippen LogP contribution in [0.2, 0.25) is 0 Å². The first-order valence-corrected chi connectivity index (χ1v) is 4.85. The van der Waals surface area contributed by atoms with E-state index in [1.807, 2.05) is 0 Å². The number of aliphatic hydroxyl groups excluding tert-OH is 1. The van der Waals surface area contributed by atoms with Gasteiger partial charge in [0, 0.05) is 13.5 Å². The van der Waals surface area contributed by atoms with Gasteiger partial charge in [-0.15, -0.1) is 6.58 Å². The van der Waals surface area contributed by atoms with Gasteiger partial charge in [-0.1, -0.05) is 6.08 Å². The molecule has 0 saturated heterocycles. The molecule has 0 aromatic heterocycles. The largest absolute Gasteiger partial charge is 0.388 e. The zero-order chi connectivity index (χ0) is 11.5. The minimum absolute atomic E-state index is 0.0894. The Labute approximate surface area is 90.1 Å². The minimum atomic E-state index is -0.637. The maximum absolute atomic E-state index is 10.5. The van der Waals surface area contributed by atoms with E-state index in [-0.39, 0.29) is 19.1 Å². The zero-order valence-electron chi connectivity index (χ0n) is 9.07. The summed E-state index contributed by atoms with van der Waals surface area (Å²) in [7, 11) is 0. The molecule has 1 atom stereocenters. The Morgan fingerprint density at radius 1 is 1.53 bits per heavy atom. The molecule has 0 bridgehead atoms. The summed E-state index contributed by atoms with van der Waals surface area (Å²) < 4.78 is 10.1. The van der Waals surface area contributed by atoms with Crippen LogP contribution in [0.1, 0.15) is 6.92 Å². The molecule has 0 heterocycles. The van der Waals surface area contributed by atoms with Crippen LogP contribution >= 0.6 is 0 Å². The number of carbonyl (C=O) groups excluding carboxylic acids is 1. The van der Waals surface area contributed by atoms with Crippen molar-refractivity contribution < 1.29 is 19.4 Å². The van der Waals surface area contributed by atoms with Crippen LogP contribution in [0.25, 0.3) is 0 Å². The van der Waals surface area contributed by atoms with E-state index in [1.165, 1.54) is 6.92 Å². The third kappa shape index (κ3) is 11.0. The molecule has 5 nitrogen and oxygen atoms in total. The van der Waals surface area contributed by atoms with Crippen LogP contribution in [0.3, 0.4) is 0 Å². The number of carbonyl (C=O) groups is 1. The highest BCUT2D eigenvalue weighted by Crippen LogP contribution is 1.87. The number of amides is 1. The molecule has 0 fully saturated rings. The van der Waals surface area contributed by atoms with Crippen LogP contribution in [0.4, 0.5) is 0 Å². The third-order valence-electron chi connectivity index (χ3n) is 1.48. The minimum Gasteiger partial charge on any atom is -0.388 e. The van der Waals surface area contributed by atoms with Gasteiger partial charge in [0.1, 0.15) is 6.10 Å². The topological polar surface area (TPSA) is 67.8 Å². The summed E-state index contributed by atoms with van der Waals surface area (Å²) in [4.78, 5) is 10.5. The monoisotopic (exact) mass is 217 g/mol. The molecule has 2 N–H and O–H groups in total. The predicted octanol–water partition coefficient (Wildman–Crippen LogP) is -0.297. The fourth-order valence-electron chi connectivity index (χ4n) is 0.854.